The number of hydrogen-bond acceptors (Lipinski definition) is 4. The van der Waals surface area contributed by atoms with Crippen molar-refractivity contribution in [3.8, 4) is 0 Å². The van der Waals surface area contributed by atoms with Gasteiger partial charge in [0.15, 0.2) is 0 Å². The maximum Gasteiger partial charge on any atom is 0.281 e. The van der Waals surface area contributed by atoms with Crippen LogP contribution in [0.2, 0.25) is 0 Å². The lowest BCUT2D eigenvalue weighted by Gasteiger charge is -2.06. The van der Waals surface area contributed by atoms with Gasteiger partial charge in [-0.15, -0.1) is 5.10 Å². The highest BCUT2D eigenvalue weighted by atomic mass is 19.3. The number of alkyl halides is 2. The van der Waals surface area contributed by atoms with Gasteiger partial charge in [0.1, 0.15) is 11.4 Å². The van der Waals surface area contributed by atoms with E-state index in [1.54, 1.807) is 7.05 Å². The molecule has 0 spiro atoms. The monoisotopic (exact) mass is 234 g/mol. The molecule has 0 saturated carbocycles. The Balaban J connectivity index is 2.74. The predicted octanol–water partition coefficient (Wildman–Crippen LogP) is 0.972. The van der Waals surface area contributed by atoms with Gasteiger partial charge in [-0.25, -0.2) is 13.5 Å². The van der Waals surface area contributed by atoms with Crippen LogP contribution in [0.25, 0.3) is 0 Å². The molecule has 0 aliphatic carbocycles. The third kappa shape index (κ3) is 3.21. The quantitative estimate of drug-likeness (QED) is 0.714. The Hall–Kier alpha value is -1.08. The molecule has 7 heteroatoms. The lowest BCUT2D eigenvalue weighted by Crippen LogP contribution is -2.13. The minimum Gasteiger partial charge on any atom is -0.380 e. The summed E-state index contributed by atoms with van der Waals surface area (Å²) in [7, 11) is 1.68. The van der Waals surface area contributed by atoms with Crippen LogP contribution in [-0.4, -0.2) is 35.3 Å². The Morgan fingerprint density at radius 3 is 2.81 bits per heavy atom. The summed E-state index contributed by atoms with van der Waals surface area (Å²) >= 11 is 0. The first-order chi connectivity index (χ1) is 7.70. The summed E-state index contributed by atoms with van der Waals surface area (Å²) in [5, 5.41) is 10.2. The summed E-state index contributed by atoms with van der Waals surface area (Å²) in [6.45, 7) is 3.35. The Morgan fingerprint density at radius 1 is 1.50 bits per heavy atom. The molecule has 0 atom stereocenters. The molecule has 1 heterocycles. The van der Waals surface area contributed by atoms with Crippen molar-refractivity contribution in [1.82, 2.24) is 20.3 Å². The molecule has 0 aliphatic heterocycles. The molecule has 0 fully saturated rings. The second-order valence-electron chi connectivity index (χ2n) is 3.17. The van der Waals surface area contributed by atoms with Crippen LogP contribution in [-0.2, 0) is 17.8 Å². The first-order valence-corrected chi connectivity index (χ1v) is 5.13. The molecule has 1 rings (SSSR count). The van der Waals surface area contributed by atoms with Gasteiger partial charge in [-0.2, -0.15) is 0 Å². The second kappa shape index (κ2) is 6.49. The lowest BCUT2D eigenvalue weighted by atomic mass is 10.3. The molecule has 16 heavy (non-hydrogen) atoms. The second-order valence-corrected chi connectivity index (χ2v) is 3.17. The van der Waals surface area contributed by atoms with Crippen LogP contribution < -0.4 is 5.32 Å². The minimum absolute atomic E-state index is 0.131. The zero-order valence-electron chi connectivity index (χ0n) is 9.41. The Labute approximate surface area is 92.8 Å². The first kappa shape index (κ1) is 13.0. The highest BCUT2D eigenvalue weighted by molar-refractivity contribution is 5.11. The summed E-state index contributed by atoms with van der Waals surface area (Å²) < 4.78 is 31.9. The molecule has 0 aromatic carbocycles. The number of rotatable bonds is 7. The van der Waals surface area contributed by atoms with Crippen molar-refractivity contribution in [2.45, 2.75) is 26.4 Å². The molecule has 5 nitrogen and oxygen atoms in total. The molecule has 0 saturated heterocycles. The van der Waals surface area contributed by atoms with Gasteiger partial charge in [-0.05, 0) is 14.0 Å². The van der Waals surface area contributed by atoms with E-state index in [4.69, 9.17) is 4.74 Å². The largest absolute Gasteiger partial charge is 0.380 e. The van der Waals surface area contributed by atoms with E-state index in [-0.39, 0.29) is 17.9 Å². The van der Waals surface area contributed by atoms with Crippen molar-refractivity contribution in [1.29, 1.82) is 0 Å². The summed E-state index contributed by atoms with van der Waals surface area (Å²) in [6.07, 6.45) is -2.57. The smallest absolute Gasteiger partial charge is 0.281 e. The number of nitrogens with zero attached hydrogens (tertiary/aromatic N) is 3. The standard InChI is InChI=1S/C9H16F2N4O/c1-3-16-5-4-15-8(9(10)11)7(6-12-2)13-14-15/h9,12H,3-6H2,1-2H3. The van der Waals surface area contributed by atoms with E-state index in [0.717, 1.165) is 0 Å². The van der Waals surface area contributed by atoms with Crippen LogP contribution >= 0.6 is 0 Å². The number of hydrogen-bond donors (Lipinski definition) is 1. The van der Waals surface area contributed by atoms with Gasteiger partial charge >= 0.3 is 0 Å². The average Bonchev–Trinajstić information content (AvgIpc) is 2.62. The Bertz CT molecular complexity index is 316. The van der Waals surface area contributed by atoms with Gasteiger partial charge in [0.05, 0.1) is 13.2 Å². The highest BCUT2D eigenvalue weighted by Crippen LogP contribution is 2.21. The molecule has 0 unspecified atom stereocenters. The molecule has 0 radical (unpaired) electrons. The van der Waals surface area contributed by atoms with Crippen molar-refractivity contribution >= 4 is 0 Å². The van der Waals surface area contributed by atoms with Crippen molar-refractivity contribution in [2.24, 2.45) is 0 Å². The summed E-state index contributed by atoms with van der Waals surface area (Å²) in [6, 6.07) is 0. The van der Waals surface area contributed by atoms with E-state index in [9.17, 15) is 8.78 Å². The lowest BCUT2D eigenvalue weighted by molar-refractivity contribution is 0.117. The van der Waals surface area contributed by atoms with Crippen molar-refractivity contribution in [2.75, 3.05) is 20.3 Å². The van der Waals surface area contributed by atoms with Crippen molar-refractivity contribution < 1.29 is 13.5 Å². The van der Waals surface area contributed by atoms with Gasteiger partial charge in [0.25, 0.3) is 6.43 Å². The molecule has 1 aromatic rings. The molecular weight excluding hydrogens is 218 g/mol. The minimum atomic E-state index is -2.57. The Morgan fingerprint density at radius 2 is 2.25 bits per heavy atom. The van der Waals surface area contributed by atoms with E-state index in [0.29, 0.717) is 19.8 Å². The third-order valence-electron chi connectivity index (χ3n) is 2.05. The molecule has 0 aliphatic rings. The number of aromatic nitrogens is 3. The van der Waals surface area contributed by atoms with Crippen LogP contribution in [0.3, 0.4) is 0 Å². The van der Waals surface area contributed by atoms with Crippen LogP contribution in [0, 0.1) is 0 Å². The Kier molecular flexibility index (Phi) is 5.27. The van der Waals surface area contributed by atoms with Gasteiger partial charge in [0.2, 0.25) is 0 Å². The van der Waals surface area contributed by atoms with Gasteiger partial charge in [-0.1, -0.05) is 5.21 Å². The van der Waals surface area contributed by atoms with Crippen LogP contribution in [0.5, 0.6) is 0 Å². The summed E-state index contributed by atoms with van der Waals surface area (Å²) in [4.78, 5) is 0. The van der Waals surface area contributed by atoms with Crippen molar-refractivity contribution in [3.63, 3.8) is 0 Å². The number of nitrogens with one attached hydrogen (secondary N) is 1. The van der Waals surface area contributed by atoms with Crippen molar-refractivity contribution in [3.05, 3.63) is 11.4 Å². The number of ether oxygens (including phenoxy) is 1. The topological polar surface area (TPSA) is 52.0 Å². The SMILES string of the molecule is CCOCCn1nnc(CNC)c1C(F)F. The molecule has 0 bridgehead atoms. The van der Waals surface area contributed by atoms with E-state index < -0.39 is 6.43 Å². The summed E-state index contributed by atoms with van der Waals surface area (Å²) in [5.41, 5.74) is 0.156. The molecule has 0 amide bonds. The maximum atomic E-state index is 12.8. The normalized spacial score (nSPS) is 11.3. The predicted molar refractivity (Wildman–Crippen MR) is 54.2 cm³/mol. The molecule has 92 valence electrons. The van der Waals surface area contributed by atoms with Crippen LogP contribution in [0.15, 0.2) is 0 Å². The zero-order chi connectivity index (χ0) is 12.0. The van der Waals surface area contributed by atoms with E-state index in [2.05, 4.69) is 15.6 Å². The molecular formula is C9H16F2N4O. The van der Waals surface area contributed by atoms with Crippen LogP contribution in [0.4, 0.5) is 8.78 Å². The first-order valence-electron chi connectivity index (χ1n) is 5.13. The van der Waals surface area contributed by atoms with Crippen LogP contribution in [0.1, 0.15) is 24.7 Å². The fraction of sp³-hybridized carbons (Fsp3) is 0.778. The highest BCUT2D eigenvalue weighted by Gasteiger charge is 2.20. The fourth-order valence-electron chi connectivity index (χ4n) is 1.35. The van der Waals surface area contributed by atoms with E-state index in [1.807, 2.05) is 6.92 Å². The van der Waals surface area contributed by atoms with E-state index >= 15 is 0 Å². The fourth-order valence-corrected chi connectivity index (χ4v) is 1.35. The average molecular weight is 234 g/mol. The molecule has 1 aromatic heterocycles. The van der Waals surface area contributed by atoms with Gasteiger partial charge < -0.3 is 10.1 Å². The summed E-state index contributed by atoms with van der Waals surface area (Å²) in [5.74, 6) is 0. The van der Waals surface area contributed by atoms with Gasteiger partial charge in [-0.3, -0.25) is 0 Å². The maximum absolute atomic E-state index is 12.8. The van der Waals surface area contributed by atoms with Gasteiger partial charge in [0, 0.05) is 13.2 Å². The zero-order valence-corrected chi connectivity index (χ0v) is 9.41. The molecule has 1 N–H and O–H groups in total. The van der Waals surface area contributed by atoms with E-state index in [1.165, 1.54) is 4.68 Å². The third-order valence-corrected chi connectivity index (χ3v) is 2.05. The number of halogens is 2.